The fourth-order valence-corrected chi connectivity index (χ4v) is 3.60. The minimum Gasteiger partial charge on any atom is -0.370 e. The number of nitrogens with zero attached hydrogens (tertiary/aromatic N) is 4. The molecular formula is C22H22N6O3. The third-order valence-corrected chi connectivity index (χ3v) is 5.19. The average Bonchev–Trinajstić information content (AvgIpc) is 3.28. The maximum Gasteiger partial charge on any atom is 0.270 e. The normalized spacial score (nSPS) is 18.2. The molecule has 0 radical (unpaired) electrons. The average molecular weight is 418 g/mol. The lowest BCUT2D eigenvalue weighted by molar-refractivity contribution is -0.137. The largest absolute Gasteiger partial charge is 0.370 e. The van der Waals surface area contributed by atoms with E-state index in [2.05, 4.69) is 27.2 Å². The van der Waals surface area contributed by atoms with Crippen LogP contribution in [-0.2, 0) is 4.79 Å². The topological polar surface area (TPSA) is 126 Å². The highest BCUT2D eigenvalue weighted by atomic mass is 16.3. The first-order chi connectivity index (χ1) is 14.8. The monoisotopic (exact) mass is 418 g/mol. The van der Waals surface area contributed by atoms with Crippen LogP contribution in [0.4, 0.5) is 5.82 Å². The summed E-state index contributed by atoms with van der Waals surface area (Å²) < 4.78 is 1.60. The number of hydrogen-bond donors (Lipinski definition) is 3. The number of primary amides is 1. The Labute approximate surface area is 178 Å². The Bertz CT molecular complexity index is 1260. The van der Waals surface area contributed by atoms with Gasteiger partial charge in [-0.15, -0.1) is 0 Å². The zero-order valence-corrected chi connectivity index (χ0v) is 17.2. The summed E-state index contributed by atoms with van der Waals surface area (Å²) >= 11 is 0. The Morgan fingerprint density at radius 1 is 1.39 bits per heavy atom. The molecule has 0 saturated carbocycles. The number of carbonyl (C=O) groups excluding carboxylic acids is 2. The van der Waals surface area contributed by atoms with Crippen LogP contribution in [0.5, 0.6) is 0 Å². The van der Waals surface area contributed by atoms with Crippen LogP contribution in [-0.4, -0.2) is 62.3 Å². The van der Waals surface area contributed by atoms with Crippen molar-refractivity contribution in [3.63, 3.8) is 0 Å². The summed E-state index contributed by atoms with van der Waals surface area (Å²) in [5.74, 6) is 5.08. The van der Waals surface area contributed by atoms with E-state index in [4.69, 9.17) is 5.73 Å². The number of likely N-dealkylation sites (N-methyl/N-ethyl adjacent to an activating group) is 1. The number of aromatic nitrogens is 3. The van der Waals surface area contributed by atoms with Crippen LogP contribution in [0.2, 0.25) is 0 Å². The third kappa shape index (κ3) is 3.58. The van der Waals surface area contributed by atoms with Crippen molar-refractivity contribution >= 4 is 28.5 Å². The summed E-state index contributed by atoms with van der Waals surface area (Å²) in [5.41, 5.74) is 5.92. The number of benzene rings is 1. The number of carbonyl (C=O) groups is 2. The number of likely N-dealkylation sites (tertiary alicyclic amines) is 1. The van der Waals surface area contributed by atoms with Gasteiger partial charge in [-0.25, -0.2) is 9.67 Å². The zero-order valence-electron chi connectivity index (χ0n) is 17.2. The van der Waals surface area contributed by atoms with Crippen molar-refractivity contribution in [1.82, 2.24) is 19.7 Å². The van der Waals surface area contributed by atoms with Crippen LogP contribution >= 0.6 is 0 Å². The molecule has 4 rings (SSSR count). The SMILES string of the molecule is CCNc1nccc2c1c(C(N)=O)nn2-c1cccc(C#C[C@]2(O)CCN(C)C2=O)c1. The van der Waals surface area contributed by atoms with Gasteiger partial charge in [0.1, 0.15) is 5.82 Å². The molecule has 3 heterocycles. The Morgan fingerprint density at radius 2 is 2.19 bits per heavy atom. The van der Waals surface area contributed by atoms with E-state index in [0.717, 1.165) is 0 Å². The number of rotatable bonds is 4. The summed E-state index contributed by atoms with van der Waals surface area (Å²) in [4.78, 5) is 29.9. The molecule has 4 N–H and O–H groups in total. The molecule has 1 aliphatic rings. The van der Waals surface area contributed by atoms with E-state index in [1.807, 2.05) is 13.0 Å². The fraction of sp³-hybridized carbons (Fsp3) is 0.273. The molecule has 0 aliphatic carbocycles. The number of anilines is 1. The Kier molecular flexibility index (Phi) is 5.09. The van der Waals surface area contributed by atoms with E-state index in [0.29, 0.717) is 41.1 Å². The van der Waals surface area contributed by atoms with E-state index in [1.54, 1.807) is 42.2 Å². The second kappa shape index (κ2) is 7.74. The van der Waals surface area contributed by atoms with Gasteiger partial charge in [-0.1, -0.05) is 17.9 Å². The summed E-state index contributed by atoms with van der Waals surface area (Å²) in [7, 11) is 1.64. The molecule has 158 valence electrons. The number of aliphatic hydroxyl groups is 1. The highest BCUT2D eigenvalue weighted by Gasteiger charge is 2.42. The maximum absolute atomic E-state index is 12.1. The van der Waals surface area contributed by atoms with Gasteiger partial charge < -0.3 is 21.1 Å². The Hall–Kier alpha value is -3.90. The van der Waals surface area contributed by atoms with Crippen molar-refractivity contribution in [2.45, 2.75) is 18.9 Å². The van der Waals surface area contributed by atoms with Gasteiger partial charge in [-0.05, 0) is 31.2 Å². The number of hydrogen-bond acceptors (Lipinski definition) is 6. The second-order valence-corrected chi connectivity index (χ2v) is 7.35. The summed E-state index contributed by atoms with van der Waals surface area (Å²) in [6.07, 6.45) is 1.89. The molecule has 2 amide bonds. The number of amides is 2. The predicted octanol–water partition coefficient (Wildman–Crippen LogP) is 0.896. The lowest BCUT2D eigenvalue weighted by Crippen LogP contribution is -2.37. The van der Waals surface area contributed by atoms with Gasteiger partial charge >= 0.3 is 0 Å². The lowest BCUT2D eigenvalue weighted by Gasteiger charge is -2.13. The van der Waals surface area contributed by atoms with Crippen molar-refractivity contribution < 1.29 is 14.7 Å². The lowest BCUT2D eigenvalue weighted by atomic mass is 10.0. The molecule has 1 fully saturated rings. The molecular weight excluding hydrogens is 396 g/mol. The number of nitrogens with two attached hydrogens (primary N) is 1. The van der Waals surface area contributed by atoms with Crippen molar-refractivity contribution in [1.29, 1.82) is 0 Å². The van der Waals surface area contributed by atoms with Gasteiger partial charge in [-0.2, -0.15) is 5.10 Å². The van der Waals surface area contributed by atoms with Crippen molar-refractivity contribution in [2.75, 3.05) is 25.5 Å². The Balaban J connectivity index is 1.79. The third-order valence-electron chi connectivity index (χ3n) is 5.19. The zero-order chi connectivity index (χ0) is 22.2. The van der Waals surface area contributed by atoms with Crippen LogP contribution in [0.25, 0.3) is 16.6 Å². The smallest absolute Gasteiger partial charge is 0.270 e. The van der Waals surface area contributed by atoms with Gasteiger partial charge in [0.05, 0.1) is 16.6 Å². The molecule has 1 saturated heterocycles. The van der Waals surface area contributed by atoms with E-state index in [-0.39, 0.29) is 12.1 Å². The standard InChI is InChI=1S/C22H22N6O3/c1-3-24-20-17-16(8-11-25-20)28(26-18(17)19(23)29)15-6-4-5-14(13-15)7-9-22(31)10-12-27(2)21(22)30/h4-6,8,11,13,31H,3,10,12H2,1-2H3,(H2,23,29)(H,24,25)/t22-/m0/s1. The fourth-order valence-electron chi connectivity index (χ4n) is 3.60. The van der Waals surface area contributed by atoms with Crippen LogP contribution < -0.4 is 11.1 Å². The van der Waals surface area contributed by atoms with Gasteiger partial charge in [-0.3, -0.25) is 9.59 Å². The maximum atomic E-state index is 12.1. The minimum atomic E-state index is -1.67. The van der Waals surface area contributed by atoms with Crippen LogP contribution in [0, 0.1) is 11.8 Å². The quantitative estimate of drug-likeness (QED) is 0.541. The Morgan fingerprint density at radius 3 is 2.87 bits per heavy atom. The number of fused-ring (bicyclic) bond motifs is 1. The first kappa shape index (κ1) is 20.4. The van der Waals surface area contributed by atoms with Gasteiger partial charge in [0.15, 0.2) is 5.69 Å². The highest BCUT2D eigenvalue weighted by molar-refractivity contribution is 6.08. The van der Waals surface area contributed by atoms with Gasteiger partial charge in [0.2, 0.25) is 5.60 Å². The van der Waals surface area contributed by atoms with Crippen molar-refractivity contribution in [3.05, 3.63) is 47.8 Å². The predicted molar refractivity (Wildman–Crippen MR) is 116 cm³/mol. The molecule has 1 aromatic carbocycles. The summed E-state index contributed by atoms with van der Waals surface area (Å²) in [6.45, 7) is 3.01. The van der Waals surface area contributed by atoms with Gasteiger partial charge in [0.25, 0.3) is 11.8 Å². The molecule has 2 aromatic heterocycles. The van der Waals surface area contributed by atoms with Crippen molar-refractivity contribution in [2.24, 2.45) is 5.73 Å². The number of pyridine rings is 1. The minimum absolute atomic E-state index is 0.115. The molecule has 9 heteroatoms. The molecule has 3 aromatic rings. The number of nitrogens with one attached hydrogen (secondary N) is 1. The molecule has 1 atom stereocenters. The summed E-state index contributed by atoms with van der Waals surface area (Å²) in [6, 6.07) is 8.90. The molecule has 9 nitrogen and oxygen atoms in total. The molecule has 31 heavy (non-hydrogen) atoms. The molecule has 1 aliphatic heterocycles. The first-order valence-electron chi connectivity index (χ1n) is 9.87. The molecule has 0 unspecified atom stereocenters. The van der Waals surface area contributed by atoms with Crippen LogP contribution in [0.15, 0.2) is 36.5 Å². The molecule has 0 bridgehead atoms. The van der Waals surface area contributed by atoms with E-state index in [9.17, 15) is 14.7 Å². The first-order valence-corrected chi connectivity index (χ1v) is 9.87. The summed E-state index contributed by atoms with van der Waals surface area (Å²) in [5, 5.41) is 18.6. The van der Waals surface area contributed by atoms with E-state index < -0.39 is 17.4 Å². The molecule has 0 spiro atoms. The van der Waals surface area contributed by atoms with E-state index in [1.165, 1.54) is 4.90 Å². The van der Waals surface area contributed by atoms with Crippen LogP contribution in [0.1, 0.15) is 29.4 Å². The van der Waals surface area contributed by atoms with Crippen LogP contribution in [0.3, 0.4) is 0 Å². The van der Waals surface area contributed by atoms with E-state index >= 15 is 0 Å². The highest BCUT2D eigenvalue weighted by Crippen LogP contribution is 2.27. The van der Waals surface area contributed by atoms with Crippen molar-refractivity contribution in [3.8, 4) is 17.5 Å². The van der Waals surface area contributed by atoms with Gasteiger partial charge in [0, 0.05) is 38.3 Å². The second-order valence-electron chi connectivity index (χ2n) is 7.35.